The molecular formula is C12H17NO. The Bertz CT molecular complexity index is 286. The molecule has 14 heavy (non-hydrogen) atoms. The molecule has 2 N–H and O–H groups in total. The van der Waals surface area contributed by atoms with Gasteiger partial charge in [-0.15, -0.1) is 0 Å². The smallest absolute Gasteiger partial charge is 0.0711 e. The molecule has 1 fully saturated rings. The second-order valence-corrected chi connectivity index (χ2v) is 4.04. The minimum absolute atomic E-state index is 0.190. The molecule has 2 rings (SSSR count). The van der Waals surface area contributed by atoms with Gasteiger partial charge in [-0.3, -0.25) is 0 Å². The standard InChI is InChI=1S/C12H17NO/c1-9(10-5-3-2-4-6-10)12-11(14)7-8-13-12/h2-6,9,11-14H,7-8H2,1H3. The van der Waals surface area contributed by atoms with Gasteiger partial charge in [0, 0.05) is 6.04 Å². The molecule has 2 heteroatoms. The van der Waals surface area contributed by atoms with E-state index in [9.17, 15) is 5.11 Å². The van der Waals surface area contributed by atoms with Gasteiger partial charge in [-0.25, -0.2) is 0 Å². The lowest BCUT2D eigenvalue weighted by atomic mass is 9.91. The number of hydrogen-bond donors (Lipinski definition) is 2. The predicted octanol–water partition coefficient (Wildman–Crippen LogP) is 1.51. The Morgan fingerprint density at radius 1 is 1.36 bits per heavy atom. The minimum Gasteiger partial charge on any atom is -0.391 e. The monoisotopic (exact) mass is 191 g/mol. The fraction of sp³-hybridized carbons (Fsp3) is 0.500. The number of hydrogen-bond acceptors (Lipinski definition) is 2. The summed E-state index contributed by atoms with van der Waals surface area (Å²) in [5.41, 5.74) is 1.30. The molecule has 1 aromatic carbocycles. The fourth-order valence-electron chi connectivity index (χ4n) is 2.19. The van der Waals surface area contributed by atoms with Crippen LogP contribution in [0.15, 0.2) is 30.3 Å². The van der Waals surface area contributed by atoms with E-state index in [0.29, 0.717) is 5.92 Å². The normalized spacial score (nSPS) is 29.0. The van der Waals surface area contributed by atoms with Crippen molar-refractivity contribution in [2.75, 3.05) is 6.54 Å². The van der Waals surface area contributed by atoms with Crippen molar-refractivity contribution in [2.24, 2.45) is 0 Å². The van der Waals surface area contributed by atoms with E-state index < -0.39 is 0 Å². The second-order valence-electron chi connectivity index (χ2n) is 4.04. The maximum absolute atomic E-state index is 9.76. The van der Waals surface area contributed by atoms with Gasteiger partial charge in [0.15, 0.2) is 0 Å². The Morgan fingerprint density at radius 2 is 2.07 bits per heavy atom. The molecular weight excluding hydrogens is 174 g/mol. The highest BCUT2D eigenvalue weighted by Crippen LogP contribution is 2.24. The van der Waals surface area contributed by atoms with Gasteiger partial charge < -0.3 is 10.4 Å². The van der Waals surface area contributed by atoms with Gasteiger partial charge in [-0.05, 0) is 24.4 Å². The van der Waals surface area contributed by atoms with E-state index in [1.54, 1.807) is 0 Å². The van der Waals surface area contributed by atoms with E-state index in [1.165, 1.54) is 5.56 Å². The first-order valence-electron chi connectivity index (χ1n) is 5.25. The van der Waals surface area contributed by atoms with Gasteiger partial charge in [-0.1, -0.05) is 37.3 Å². The molecule has 0 radical (unpaired) electrons. The summed E-state index contributed by atoms with van der Waals surface area (Å²) in [6.07, 6.45) is 0.687. The number of aliphatic hydroxyl groups is 1. The summed E-state index contributed by atoms with van der Waals surface area (Å²) < 4.78 is 0. The Kier molecular flexibility index (Phi) is 2.85. The highest BCUT2D eigenvalue weighted by atomic mass is 16.3. The van der Waals surface area contributed by atoms with Crippen LogP contribution in [0.2, 0.25) is 0 Å². The van der Waals surface area contributed by atoms with Crippen molar-refractivity contribution < 1.29 is 5.11 Å². The van der Waals surface area contributed by atoms with Crippen LogP contribution in [0.5, 0.6) is 0 Å². The van der Waals surface area contributed by atoms with E-state index in [4.69, 9.17) is 0 Å². The van der Waals surface area contributed by atoms with Crippen molar-refractivity contribution in [2.45, 2.75) is 31.4 Å². The lowest BCUT2D eigenvalue weighted by molar-refractivity contribution is 0.149. The number of rotatable bonds is 2. The lowest BCUT2D eigenvalue weighted by Crippen LogP contribution is -2.35. The molecule has 76 valence electrons. The minimum atomic E-state index is -0.190. The van der Waals surface area contributed by atoms with Crippen LogP contribution in [-0.2, 0) is 0 Å². The Balaban J connectivity index is 2.12. The first-order valence-corrected chi connectivity index (χ1v) is 5.25. The molecule has 2 nitrogen and oxygen atoms in total. The Morgan fingerprint density at radius 3 is 2.64 bits per heavy atom. The molecule has 3 atom stereocenters. The molecule has 3 unspecified atom stereocenters. The third-order valence-corrected chi connectivity index (χ3v) is 3.10. The largest absolute Gasteiger partial charge is 0.391 e. The molecule has 0 spiro atoms. The summed E-state index contributed by atoms with van der Waals surface area (Å²) in [5.74, 6) is 0.383. The average molecular weight is 191 g/mol. The van der Waals surface area contributed by atoms with Gasteiger partial charge in [-0.2, -0.15) is 0 Å². The average Bonchev–Trinajstić information content (AvgIpc) is 2.65. The number of aliphatic hydroxyl groups excluding tert-OH is 1. The lowest BCUT2D eigenvalue weighted by Gasteiger charge is -2.22. The summed E-state index contributed by atoms with van der Waals surface area (Å²) in [7, 11) is 0. The Hall–Kier alpha value is -0.860. The first kappa shape index (κ1) is 9.69. The second kappa shape index (κ2) is 4.11. The van der Waals surface area contributed by atoms with Gasteiger partial charge in [0.05, 0.1) is 6.10 Å². The topological polar surface area (TPSA) is 32.3 Å². The molecule has 0 aliphatic carbocycles. The molecule has 1 saturated heterocycles. The van der Waals surface area contributed by atoms with Crippen LogP contribution in [0.4, 0.5) is 0 Å². The molecule has 0 amide bonds. The van der Waals surface area contributed by atoms with Crippen molar-refractivity contribution in [3.63, 3.8) is 0 Å². The SMILES string of the molecule is CC(c1ccccc1)C1NCCC1O. The van der Waals surface area contributed by atoms with Crippen molar-refractivity contribution in [3.05, 3.63) is 35.9 Å². The zero-order chi connectivity index (χ0) is 9.97. The van der Waals surface area contributed by atoms with E-state index >= 15 is 0 Å². The van der Waals surface area contributed by atoms with Crippen molar-refractivity contribution in [1.29, 1.82) is 0 Å². The summed E-state index contributed by atoms with van der Waals surface area (Å²) in [6, 6.07) is 10.6. The molecule has 0 bridgehead atoms. The van der Waals surface area contributed by atoms with E-state index in [2.05, 4.69) is 24.4 Å². The third-order valence-electron chi connectivity index (χ3n) is 3.10. The predicted molar refractivity (Wildman–Crippen MR) is 57.3 cm³/mol. The van der Waals surface area contributed by atoms with Crippen molar-refractivity contribution >= 4 is 0 Å². The summed E-state index contributed by atoms with van der Waals surface area (Å²) in [4.78, 5) is 0. The molecule has 1 aliphatic rings. The van der Waals surface area contributed by atoms with Crippen LogP contribution in [0.25, 0.3) is 0 Å². The van der Waals surface area contributed by atoms with Gasteiger partial charge in [0.1, 0.15) is 0 Å². The van der Waals surface area contributed by atoms with Crippen LogP contribution < -0.4 is 5.32 Å². The van der Waals surface area contributed by atoms with Crippen LogP contribution in [0, 0.1) is 0 Å². The number of benzene rings is 1. The summed E-state index contributed by atoms with van der Waals surface area (Å²) in [5, 5.41) is 13.1. The fourth-order valence-corrected chi connectivity index (χ4v) is 2.19. The third kappa shape index (κ3) is 1.81. The van der Waals surface area contributed by atoms with Crippen LogP contribution in [0.1, 0.15) is 24.8 Å². The van der Waals surface area contributed by atoms with Crippen LogP contribution in [-0.4, -0.2) is 23.8 Å². The highest BCUT2D eigenvalue weighted by molar-refractivity contribution is 5.21. The van der Waals surface area contributed by atoms with Gasteiger partial charge in [0.25, 0.3) is 0 Å². The van der Waals surface area contributed by atoms with E-state index in [1.807, 2.05) is 18.2 Å². The highest BCUT2D eigenvalue weighted by Gasteiger charge is 2.29. The zero-order valence-corrected chi connectivity index (χ0v) is 8.48. The zero-order valence-electron chi connectivity index (χ0n) is 8.48. The van der Waals surface area contributed by atoms with Gasteiger partial charge >= 0.3 is 0 Å². The molecule has 0 aromatic heterocycles. The van der Waals surface area contributed by atoms with Gasteiger partial charge in [0.2, 0.25) is 0 Å². The maximum Gasteiger partial charge on any atom is 0.0711 e. The Labute approximate surface area is 85.0 Å². The molecule has 1 aliphatic heterocycles. The molecule has 1 heterocycles. The summed E-state index contributed by atoms with van der Waals surface area (Å²) >= 11 is 0. The van der Waals surface area contributed by atoms with E-state index in [0.717, 1.165) is 13.0 Å². The first-order chi connectivity index (χ1) is 6.79. The molecule has 1 aromatic rings. The molecule has 0 saturated carbocycles. The number of nitrogens with one attached hydrogen (secondary N) is 1. The van der Waals surface area contributed by atoms with E-state index in [-0.39, 0.29) is 12.1 Å². The quantitative estimate of drug-likeness (QED) is 0.742. The van der Waals surface area contributed by atoms with Crippen LogP contribution >= 0.6 is 0 Å². The summed E-state index contributed by atoms with van der Waals surface area (Å²) in [6.45, 7) is 3.10. The maximum atomic E-state index is 9.76. The van der Waals surface area contributed by atoms with Crippen molar-refractivity contribution in [1.82, 2.24) is 5.32 Å². The van der Waals surface area contributed by atoms with Crippen LogP contribution in [0.3, 0.4) is 0 Å². The van der Waals surface area contributed by atoms with Crippen molar-refractivity contribution in [3.8, 4) is 0 Å².